The number of rotatable bonds is 6. The van der Waals surface area contributed by atoms with Crippen molar-refractivity contribution in [1.29, 1.82) is 0 Å². The molecule has 0 aromatic carbocycles. The van der Waals surface area contributed by atoms with Gasteiger partial charge in [-0.15, -0.1) is 0 Å². The summed E-state index contributed by atoms with van der Waals surface area (Å²) >= 11 is 0. The van der Waals surface area contributed by atoms with Crippen LogP contribution in [0.5, 0.6) is 0 Å². The van der Waals surface area contributed by atoms with E-state index in [1.807, 2.05) is 35.0 Å². The lowest BCUT2D eigenvalue weighted by Crippen LogP contribution is -2.40. The van der Waals surface area contributed by atoms with Crippen molar-refractivity contribution in [2.45, 2.75) is 19.9 Å². The van der Waals surface area contributed by atoms with Crippen LogP contribution in [0.25, 0.3) is 0 Å². The summed E-state index contributed by atoms with van der Waals surface area (Å²) in [6.45, 7) is 6.27. The van der Waals surface area contributed by atoms with Crippen molar-refractivity contribution in [3.05, 3.63) is 0 Å². The average Bonchev–Trinajstić information content (AvgIpc) is 2.10. The molecule has 0 saturated heterocycles. The van der Waals surface area contributed by atoms with Crippen molar-refractivity contribution in [3.63, 3.8) is 0 Å². The molecule has 0 bridgehead atoms. The van der Waals surface area contributed by atoms with E-state index in [0.29, 0.717) is 6.54 Å². The second kappa shape index (κ2) is 6.79. The fourth-order valence-electron chi connectivity index (χ4n) is 0.911. The summed E-state index contributed by atoms with van der Waals surface area (Å²) in [5.41, 5.74) is 0. The van der Waals surface area contributed by atoms with Crippen molar-refractivity contribution >= 4 is 5.91 Å². The highest BCUT2D eigenvalue weighted by Crippen LogP contribution is 1.92. The number of carbonyl (C=O) groups is 1. The molecule has 0 rings (SSSR count). The molecule has 84 valence electrons. The van der Waals surface area contributed by atoms with E-state index in [1.54, 1.807) is 4.90 Å². The zero-order chi connectivity index (χ0) is 11.1. The van der Waals surface area contributed by atoms with Crippen LogP contribution < -0.4 is 5.32 Å². The first-order chi connectivity index (χ1) is 6.45. The molecule has 0 atom stereocenters. The molecular formula is C10H23N3O. The monoisotopic (exact) mass is 201 g/mol. The van der Waals surface area contributed by atoms with E-state index in [1.165, 1.54) is 0 Å². The van der Waals surface area contributed by atoms with Crippen LogP contribution in [0, 0.1) is 0 Å². The van der Waals surface area contributed by atoms with Gasteiger partial charge in [-0.05, 0) is 27.9 Å². The molecule has 0 aromatic heterocycles. The van der Waals surface area contributed by atoms with Crippen LogP contribution in [-0.2, 0) is 4.79 Å². The molecule has 0 aromatic rings. The minimum Gasteiger partial charge on any atom is -0.342 e. The maximum absolute atomic E-state index is 11.5. The number of likely N-dealkylation sites (N-methyl/N-ethyl adjacent to an activating group) is 2. The summed E-state index contributed by atoms with van der Waals surface area (Å²) in [5.74, 6) is 0.152. The zero-order valence-electron chi connectivity index (χ0n) is 10.0. The third-order valence-electron chi connectivity index (χ3n) is 2.18. The van der Waals surface area contributed by atoms with Crippen LogP contribution in [-0.4, -0.2) is 62.5 Å². The molecule has 4 nitrogen and oxygen atoms in total. The third-order valence-corrected chi connectivity index (χ3v) is 2.18. The van der Waals surface area contributed by atoms with Crippen molar-refractivity contribution < 1.29 is 4.79 Å². The van der Waals surface area contributed by atoms with Gasteiger partial charge in [0, 0.05) is 26.2 Å². The third kappa shape index (κ3) is 5.94. The van der Waals surface area contributed by atoms with Crippen LogP contribution in [0.15, 0.2) is 0 Å². The topological polar surface area (TPSA) is 35.6 Å². The van der Waals surface area contributed by atoms with Gasteiger partial charge in [0.15, 0.2) is 0 Å². The van der Waals surface area contributed by atoms with E-state index in [0.717, 1.165) is 13.1 Å². The van der Waals surface area contributed by atoms with Gasteiger partial charge >= 0.3 is 0 Å². The van der Waals surface area contributed by atoms with Crippen molar-refractivity contribution in [2.24, 2.45) is 0 Å². The molecule has 4 heteroatoms. The lowest BCUT2D eigenvalue weighted by molar-refractivity contribution is -0.130. The predicted molar refractivity (Wildman–Crippen MR) is 59.3 cm³/mol. The Balaban J connectivity index is 3.54. The summed E-state index contributed by atoms with van der Waals surface area (Å²) in [6, 6.07) is 0.276. The van der Waals surface area contributed by atoms with Gasteiger partial charge in [-0.2, -0.15) is 0 Å². The highest BCUT2D eigenvalue weighted by Gasteiger charge is 2.10. The Morgan fingerprint density at radius 3 is 2.29 bits per heavy atom. The molecule has 14 heavy (non-hydrogen) atoms. The van der Waals surface area contributed by atoms with Gasteiger partial charge in [0.1, 0.15) is 0 Å². The average molecular weight is 201 g/mol. The summed E-state index contributed by atoms with van der Waals surface area (Å²) in [4.78, 5) is 15.3. The largest absolute Gasteiger partial charge is 0.342 e. The van der Waals surface area contributed by atoms with E-state index in [-0.39, 0.29) is 11.9 Å². The van der Waals surface area contributed by atoms with Gasteiger partial charge in [0.05, 0.1) is 6.54 Å². The molecular weight excluding hydrogens is 178 g/mol. The zero-order valence-corrected chi connectivity index (χ0v) is 10.0. The molecule has 0 spiro atoms. The Morgan fingerprint density at radius 2 is 1.86 bits per heavy atom. The van der Waals surface area contributed by atoms with Crippen LogP contribution in [0.1, 0.15) is 13.8 Å². The normalized spacial score (nSPS) is 11.1. The Hall–Kier alpha value is -0.610. The Morgan fingerprint density at radius 1 is 1.29 bits per heavy atom. The first-order valence-electron chi connectivity index (χ1n) is 5.06. The number of nitrogens with zero attached hydrogens (tertiary/aromatic N) is 2. The molecule has 0 aliphatic rings. The first-order valence-corrected chi connectivity index (χ1v) is 5.06. The second-order valence-electron chi connectivity index (χ2n) is 4.08. The fraction of sp³-hybridized carbons (Fsp3) is 0.900. The Labute approximate surface area is 87.3 Å². The lowest BCUT2D eigenvalue weighted by Gasteiger charge is -2.21. The number of carbonyl (C=O) groups excluding carboxylic acids is 1. The molecule has 0 heterocycles. The molecule has 0 fully saturated rings. The SMILES string of the molecule is CC(C)N(C)C(=O)CNCCN(C)C. The van der Waals surface area contributed by atoms with Gasteiger partial charge in [0.2, 0.25) is 5.91 Å². The molecule has 0 aliphatic carbocycles. The maximum Gasteiger partial charge on any atom is 0.236 e. The number of hydrogen-bond donors (Lipinski definition) is 1. The van der Waals surface area contributed by atoms with Gasteiger partial charge in [-0.1, -0.05) is 0 Å². The lowest BCUT2D eigenvalue weighted by atomic mass is 10.3. The minimum atomic E-state index is 0.152. The molecule has 1 N–H and O–H groups in total. The maximum atomic E-state index is 11.5. The predicted octanol–water partition coefficient (Wildman–Crippen LogP) is 0.00440. The van der Waals surface area contributed by atoms with Crippen LogP contribution in [0.4, 0.5) is 0 Å². The fourth-order valence-corrected chi connectivity index (χ4v) is 0.911. The second-order valence-corrected chi connectivity index (χ2v) is 4.08. The minimum absolute atomic E-state index is 0.152. The van der Waals surface area contributed by atoms with Crippen molar-refractivity contribution in [1.82, 2.24) is 15.1 Å². The van der Waals surface area contributed by atoms with Crippen molar-refractivity contribution in [3.8, 4) is 0 Å². The Kier molecular flexibility index (Phi) is 6.49. The number of amides is 1. The van der Waals surface area contributed by atoms with Gasteiger partial charge in [-0.25, -0.2) is 0 Å². The molecule has 0 saturated carbocycles. The van der Waals surface area contributed by atoms with Gasteiger partial charge in [-0.3, -0.25) is 4.79 Å². The van der Waals surface area contributed by atoms with E-state index >= 15 is 0 Å². The number of hydrogen-bond acceptors (Lipinski definition) is 3. The highest BCUT2D eigenvalue weighted by molar-refractivity contribution is 5.78. The summed E-state index contributed by atoms with van der Waals surface area (Å²) in [7, 11) is 5.87. The van der Waals surface area contributed by atoms with Crippen LogP contribution >= 0.6 is 0 Å². The summed E-state index contributed by atoms with van der Waals surface area (Å²) in [5, 5.41) is 3.12. The van der Waals surface area contributed by atoms with E-state index in [4.69, 9.17) is 0 Å². The highest BCUT2D eigenvalue weighted by atomic mass is 16.2. The van der Waals surface area contributed by atoms with E-state index in [2.05, 4.69) is 10.2 Å². The molecule has 0 radical (unpaired) electrons. The van der Waals surface area contributed by atoms with Gasteiger partial charge < -0.3 is 15.1 Å². The number of nitrogens with one attached hydrogen (secondary N) is 1. The quantitative estimate of drug-likeness (QED) is 0.615. The van der Waals surface area contributed by atoms with Crippen LogP contribution in [0.3, 0.4) is 0 Å². The van der Waals surface area contributed by atoms with E-state index in [9.17, 15) is 4.79 Å². The molecule has 0 unspecified atom stereocenters. The standard InChI is InChI=1S/C10H23N3O/c1-9(2)13(5)10(14)8-11-6-7-12(3)4/h9,11H,6-8H2,1-5H3. The van der Waals surface area contributed by atoms with Crippen molar-refractivity contribution in [2.75, 3.05) is 40.8 Å². The first kappa shape index (κ1) is 13.4. The van der Waals surface area contributed by atoms with E-state index < -0.39 is 0 Å². The molecule has 0 aliphatic heterocycles. The van der Waals surface area contributed by atoms with Gasteiger partial charge in [0.25, 0.3) is 0 Å². The summed E-state index contributed by atoms with van der Waals surface area (Å²) in [6.07, 6.45) is 0. The van der Waals surface area contributed by atoms with Crippen LogP contribution in [0.2, 0.25) is 0 Å². The smallest absolute Gasteiger partial charge is 0.236 e. The summed E-state index contributed by atoms with van der Waals surface area (Å²) < 4.78 is 0. The molecule has 1 amide bonds. The Bertz CT molecular complexity index is 169.